The summed E-state index contributed by atoms with van der Waals surface area (Å²) < 4.78 is 0. The number of rotatable bonds is 7. The van der Waals surface area contributed by atoms with Crippen molar-refractivity contribution < 1.29 is 5.11 Å². The van der Waals surface area contributed by atoms with E-state index in [0.29, 0.717) is 24.0 Å². The molecule has 0 aromatic carbocycles. The summed E-state index contributed by atoms with van der Waals surface area (Å²) in [6, 6.07) is 0. The molecule has 0 saturated heterocycles. The maximum absolute atomic E-state index is 8.82. The molecule has 0 aromatic rings. The number of hydrogen-bond acceptors (Lipinski definition) is 3. The van der Waals surface area contributed by atoms with E-state index in [0.717, 1.165) is 12.8 Å². The molecule has 3 nitrogen and oxygen atoms in total. The highest BCUT2D eigenvalue weighted by Crippen LogP contribution is 2.19. The topological polar surface area (TPSA) is 70.1 Å². The van der Waals surface area contributed by atoms with Gasteiger partial charge >= 0.3 is 0 Å². The lowest BCUT2D eigenvalue weighted by molar-refractivity contribution is 0.404. The van der Waals surface area contributed by atoms with E-state index >= 15 is 0 Å². The summed E-state index contributed by atoms with van der Waals surface area (Å²) in [7, 11) is 0. The van der Waals surface area contributed by atoms with Gasteiger partial charge in [0.2, 0.25) is 0 Å². The van der Waals surface area contributed by atoms with Gasteiger partial charge in [0.15, 0.2) is 5.88 Å². The second-order valence-corrected chi connectivity index (χ2v) is 4.54. The highest BCUT2D eigenvalue weighted by atomic mass is 16.3. The Labute approximate surface area is 92.9 Å². The molecule has 3 heteroatoms. The van der Waals surface area contributed by atoms with Gasteiger partial charge < -0.3 is 16.2 Å². The first-order chi connectivity index (χ1) is 6.95. The summed E-state index contributed by atoms with van der Waals surface area (Å²) in [6.07, 6.45) is 5.47. The molecule has 0 amide bonds. The van der Waals surface area contributed by atoms with E-state index in [1.807, 2.05) is 0 Å². The fourth-order valence-electron chi connectivity index (χ4n) is 1.57. The summed E-state index contributed by atoms with van der Waals surface area (Å²) >= 11 is 0. The second kappa shape index (κ2) is 7.32. The molecule has 0 aliphatic carbocycles. The van der Waals surface area contributed by atoms with Crippen LogP contribution in [0.4, 0.5) is 0 Å². The average Bonchev–Trinajstić information content (AvgIpc) is 2.10. The summed E-state index contributed by atoms with van der Waals surface area (Å²) in [5, 5.41) is 16.4. The number of aliphatic hydroxyl groups is 1. The van der Waals surface area contributed by atoms with E-state index in [9.17, 15) is 0 Å². The summed E-state index contributed by atoms with van der Waals surface area (Å²) in [6.45, 7) is 6.57. The molecular formula is C12H24N2O. The third-order valence-corrected chi connectivity index (χ3v) is 2.56. The molecule has 0 aliphatic rings. The number of allylic oxidation sites excluding steroid dienone is 1. The maximum Gasteiger partial charge on any atom is 0.183 e. The van der Waals surface area contributed by atoms with Gasteiger partial charge in [-0.05, 0) is 24.7 Å². The van der Waals surface area contributed by atoms with Crippen molar-refractivity contribution in [2.75, 3.05) is 0 Å². The van der Waals surface area contributed by atoms with E-state index in [1.165, 1.54) is 12.5 Å². The minimum Gasteiger partial charge on any atom is -0.495 e. The van der Waals surface area contributed by atoms with Crippen molar-refractivity contribution in [3.8, 4) is 0 Å². The summed E-state index contributed by atoms with van der Waals surface area (Å²) in [5.41, 5.74) is 5.53. The van der Waals surface area contributed by atoms with Gasteiger partial charge in [-0.2, -0.15) is 0 Å². The molecule has 0 radical (unpaired) electrons. The van der Waals surface area contributed by atoms with Crippen LogP contribution in [0, 0.1) is 17.2 Å². The van der Waals surface area contributed by atoms with Crippen LogP contribution in [0.25, 0.3) is 0 Å². The first kappa shape index (κ1) is 14.0. The number of aliphatic hydroxyl groups excluding tert-OH is 1. The molecular weight excluding hydrogens is 188 g/mol. The SMILES string of the molecule is CCC(CCC(C)C)CC(=N)/C=C(/N)O. The molecule has 0 bridgehead atoms. The Morgan fingerprint density at radius 1 is 1.40 bits per heavy atom. The van der Waals surface area contributed by atoms with Crippen molar-refractivity contribution in [1.82, 2.24) is 0 Å². The van der Waals surface area contributed by atoms with E-state index < -0.39 is 0 Å². The molecule has 1 unspecified atom stereocenters. The highest BCUT2D eigenvalue weighted by Gasteiger charge is 2.09. The van der Waals surface area contributed by atoms with Crippen LogP contribution in [0.2, 0.25) is 0 Å². The molecule has 0 heterocycles. The quantitative estimate of drug-likeness (QED) is 0.448. The van der Waals surface area contributed by atoms with Gasteiger partial charge in [0, 0.05) is 11.8 Å². The van der Waals surface area contributed by atoms with E-state index in [2.05, 4.69) is 20.8 Å². The van der Waals surface area contributed by atoms with Crippen LogP contribution in [0.5, 0.6) is 0 Å². The summed E-state index contributed by atoms with van der Waals surface area (Å²) in [5.74, 6) is 0.987. The molecule has 0 spiro atoms. The first-order valence-corrected chi connectivity index (χ1v) is 5.69. The third-order valence-electron chi connectivity index (χ3n) is 2.56. The van der Waals surface area contributed by atoms with Crippen LogP contribution in [-0.4, -0.2) is 10.8 Å². The van der Waals surface area contributed by atoms with Crippen LogP contribution >= 0.6 is 0 Å². The van der Waals surface area contributed by atoms with Crippen LogP contribution in [-0.2, 0) is 0 Å². The monoisotopic (exact) mass is 212 g/mol. The van der Waals surface area contributed by atoms with Gasteiger partial charge in [-0.3, -0.25) is 0 Å². The van der Waals surface area contributed by atoms with Crippen LogP contribution in [0.3, 0.4) is 0 Å². The minimum atomic E-state index is -0.265. The molecule has 88 valence electrons. The first-order valence-electron chi connectivity index (χ1n) is 5.69. The second-order valence-electron chi connectivity index (χ2n) is 4.54. The Kier molecular flexibility index (Phi) is 6.84. The highest BCUT2D eigenvalue weighted by molar-refractivity contribution is 5.92. The molecule has 4 N–H and O–H groups in total. The normalized spacial score (nSPS) is 14.3. The van der Waals surface area contributed by atoms with Gasteiger partial charge in [0.1, 0.15) is 0 Å². The van der Waals surface area contributed by atoms with Gasteiger partial charge in [0.05, 0.1) is 0 Å². The Morgan fingerprint density at radius 3 is 2.40 bits per heavy atom. The lowest BCUT2D eigenvalue weighted by Crippen LogP contribution is -2.08. The Morgan fingerprint density at radius 2 is 2.00 bits per heavy atom. The minimum absolute atomic E-state index is 0.265. The molecule has 15 heavy (non-hydrogen) atoms. The number of nitrogens with two attached hydrogens (primary N) is 1. The largest absolute Gasteiger partial charge is 0.495 e. The average molecular weight is 212 g/mol. The molecule has 0 aliphatic heterocycles. The zero-order valence-corrected chi connectivity index (χ0v) is 10.1. The van der Waals surface area contributed by atoms with Crippen molar-refractivity contribution in [1.29, 1.82) is 5.41 Å². The van der Waals surface area contributed by atoms with E-state index in [1.54, 1.807) is 0 Å². The zero-order valence-electron chi connectivity index (χ0n) is 10.1. The van der Waals surface area contributed by atoms with Gasteiger partial charge in [-0.1, -0.05) is 33.6 Å². The molecule has 0 aromatic heterocycles. The van der Waals surface area contributed by atoms with Crippen molar-refractivity contribution in [3.05, 3.63) is 12.0 Å². The van der Waals surface area contributed by atoms with Gasteiger partial charge in [-0.25, -0.2) is 0 Å². The predicted octanol–water partition coefficient (Wildman–Crippen LogP) is 3.22. The van der Waals surface area contributed by atoms with Gasteiger partial charge in [0.25, 0.3) is 0 Å². The van der Waals surface area contributed by atoms with E-state index in [-0.39, 0.29) is 5.88 Å². The lowest BCUT2D eigenvalue weighted by atomic mass is 9.91. The number of nitrogens with one attached hydrogen (secondary N) is 1. The fraction of sp³-hybridized carbons (Fsp3) is 0.750. The predicted molar refractivity (Wildman–Crippen MR) is 65.1 cm³/mol. The van der Waals surface area contributed by atoms with Crippen molar-refractivity contribution in [2.45, 2.75) is 46.5 Å². The molecule has 0 rings (SSSR count). The fourth-order valence-corrected chi connectivity index (χ4v) is 1.57. The smallest absolute Gasteiger partial charge is 0.183 e. The lowest BCUT2D eigenvalue weighted by Gasteiger charge is -2.15. The van der Waals surface area contributed by atoms with Crippen LogP contribution in [0.15, 0.2) is 12.0 Å². The van der Waals surface area contributed by atoms with Crippen molar-refractivity contribution >= 4 is 5.71 Å². The Hall–Kier alpha value is -0.990. The summed E-state index contributed by atoms with van der Waals surface area (Å²) in [4.78, 5) is 0. The Balaban J connectivity index is 3.99. The standard InChI is InChI=1S/C12H24N2O/c1-4-10(6-5-9(2)3)7-11(13)8-12(14)15/h8-10,13,15H,4-7,14H2,1-3H3/b12-8-,13-11?. The maximum atomic E-state index is 8.82. The number of hydrogen-bond donors (Lipinski definition) is 3. The Bertz CT molecular complexity index is 218. The zero-order chi connectivity index (χ0) is 11.8. The van der Waals surface area contributed by atoms with Crippen LogP contribution in [0.1, 0.15) is 46.5 Å². The molecule has 0 saturated carbocycles. The third kappa shape index (κ3) is 8.03. The van der Waals surface area contributed by atoms with Crippen molar-refractivity contribution in [3.63, 3.8) is 0 Å². The van der Waals surface area contributed by atoms with E-state index in [4.69, 9.17) is 16.2 Å². The molecule has 0 fully saturated rings. The van der Waals surface area contributed by atoms with Crippen LogP contribution < -0.4 is 5.73 Å². The van der Waals surface area contributed by atoms with Crippen molar-refractivity contribution in [2.24, 2.45) is 17.6 Å². The van der Waals surface area contributed by atoms with Gasteiger partial charge in [-0.15, -0.1) is 0 Å². The molecule has 1 atom stereocenters.